The maximum atomic E-state index is 13.8. The lowest BCUT2D eigenvalue weighted by Crippen LogP contribution is -1.95. The van der Waals surface area contributed by atoms with E-state index in [4.69, 9.17) is 11.6 Å². The fourth-order valence-corrected chi connectivity index (χ4v) is 2.28. The Balaban J connectivity index is 2.58. The van der Waals surface area contributed by atoms with Crippen LogP contribution in [0.3, 0.4) is 0 Å². The van der Waals surface area contributed by atoms with E-state index in [0.717, 1.165) is 22.3 Å². The van der Waals surface area contributed by atoms with E-state index in [2.05, 4.69) is 0 Å². The molecule has 0 saturated heterocycles. The van der Waals surface area contributed by atoms with Gasteiger partial charge in [-0.1, -0.05) is 23.7 Å². The van der Waals surface area contributed by atoms with Gasteiger partial charge in [0.25, 0.3) is 0 Å². The lowest BCUT2D eigenvalue weighted by atomic mass is 9.96. The van der Waals surface area contributed by atoms with E-state index in [0.29, 0.717) is 10.6 Å². The van der Waals surface area contributed by atoms with Crippen LogP contribution in [0.2, 0.25) is 5.02 Å². The second-order valence-electron chi connectivity index (χ2n) is 4.37. The summed E-state index contributed by atoms with van der Waals surface area (Å²) < 4.78 is 13.8. The number of hydrogen-bond acceptors (Lipinski definition) is 1. The fourth-order valence-electron chi connectivity index (χ4n) is 2.12. The van der Waals surface area contributed by atoms with Crippen LogP contribution in [0.25, 0.3) is 11.1 Å². The zero-order valence-electron chi connectivity index (χ0n) is 10.3. The van der Waals surface area contributed by atoms with Crippen molar-refractivity contribution < 1.29 is 9.50 Å². The average molecular weight is 265 g/mol. The van der Waals surface area contributed by atoms with Gasteiger partial charge in [0.05, 0.1) is 6.61 Å². The quantitative estimate of drug-likeness (QED) is 0.859. The summed E-state index contributed by atoms with van der Waals surface area (Å²) in [6, 6.07) is 8.41. The molecule has 2 rings (SSSR count). The summed E-state index contributed by atoms with van der Waals surface area (Å²) in [6.07, 6.45) is 0. The molecule has 3 heteroatoms. The standard InChI is InChI=1S/C15H14ClFO/c1-9-5-11(6-10(2)14(9)8-18)13-4-3-12(16)7-15(13)17/h3-7,18H,8H2,1-2H3. The number of aliphatic hydroxyl groups excluding tert-OH is 1. The predicted octanol–water partition coefficient (Wildman–Crippen LogP) is 4.26. The van der Waals surface area contributed by atoms with Gasteiger partial charge in [0, 0.05) is 10.6 Å². The number of halogens is 2. The number of aryl methyl sites for hydroxylation is 2. The maximum Gasteiger partial charge on any atom is 0.132 e. The Hall–Kier alpha value is -1.38. The molecule has 94 valence electrons. The molecule has 1 N–H and O–H groups in total. The molecule has 0 fully saturated rings. The van der Waals surface area contributed by atoms with Crippen molar-refractivity contribution in [3.8, 4) is 11.1 Å². The largest absolute Gasteiger partial charge is 0.392 e. The summed E-state index contributed by atoms with van der Waals surface area (Å²) in [5.41, 5.74) is 4.14. The summed E-state index contributed by atoms with van der Waals surface area (Å²) in [7, 11) is 0. The van der Waals surface area contributed by atoms with Crippen LogP contribution in [0, 0.1) is 19.7 Å². The Bertz CT molecular complexity index is 570. The Kier molecular flexibility index (Phi) is 3.69. The molecule has 0 aliphatic heterocycles. The minimum absolute atomic E-state index is 0.00104. The average Bonchev–Trinajstić information content (AvgIpc) is 2.28. The summed E-state index contributed by atoms with van der Waals surface area (Å²) in [6.45, 7) is 3.83. The van der Waals surface area contributed by atoms with Gasteiger partial charge in [-0.25, -0.2) is 4.39 Å². The van der Waals surface area contributed by atoms with Gasteiger partial charge >= 0.3 is 0 Å². The molecule has 0 saturated carbocycles. The third-order valence-electron chi connectivity index (χ3n) is 3.10. The lowest BCUT2D eigenvalue weighted by molar-refractivity contribution is 0.280. The van der Waals surface area contributed by atoms with Gasteiger partial charge in [0.2, 0.25) is 0 Å². The van der Waals surface area contributed by atoms with Crippen molar-refractivity contribution in [2.75, 3.05) is 0 Å². The molecule has 18 heavy (non-hydrogen) atoms. The molecule has 0 aliphatic carbocycles. The molecule has 1 nitrogen and oxygen atoms in total. The molecule has 0 spiro atoms. The number of benzene rings is 2. The molecule has 0 heterocycles. The van der Waals surface area contributed by atoms with E-state index >= 15 is 0 Å². The highest BCUT2D eigenvalue weighted by molar-refractivity contribution is 6.30. The van der Waals surface area contributed by atoms with Gasteiger partial charge in [-0.2, -0.15) is 0 Å². The smallest absolute Gasteiger partial charge is 0.132 e. The molecule has 0 radical (unpaired) electrons. The molecule has 2 aromatic carbocycles. The summed E-state index contributed by atoms with van der Waals surface area (Å²) in [5.74, 6) is -0.335. The van der Waals surface area contributed by atoms with Crippen molar-refractivity contribution in [2.45, 2.75) is 20.5 Å². The molecule has 0 amide bonds. The summed E-state index contributed by atoms with van der Waals surface area (Å²) in [4.78, 5) is 0. The highest BCUT2D eigenvalue weighted by atomic mass is 35.5. The second-order valence-corrected chi connectivity index (χ2v) is 4.81. The molecule has 0 aliphatic rings. The van der Waals surface area contributed by atoms with Crippen LogP contribution in [0.5, 0.6) is 0 Å². The Morgan fingerprint density at radius 2 is 1.72 bits per heavy atom. The van der Waals surface area contributed by atoms with Gasteiger partial charge in [-0.3, -0.25) is 0 Å². The van der Waals surface area contributed by atoms with E-state index in [9.17, 15) is 9.50 Å². The number of hydrogen-bond donors (Lipinski definition) is 1. The molecule has 2 aromatic rings. The van der Waals surface area contributed by atoms with Gasteiger partial charge in [-0.05, 0) is 54.3 Å². The zero-order chi connectivity index (χ0) is 13.3. The van der Waals surface area contributed by atoms with Crippen molar-refractivity contribution in [3.63, 3.8) is 0 Å². The van der Waals surface area contributed by atoms with Gasteiger partial charge < -0.3 is 5.11 Å². The van der Waals surface area contributed by atoms with Crippen LogP contribution < -0.4 is 0 Å². The van der Waals surface area contributed by atoms with Gasteiger partial charge in [0.1, 0.15) is 5.82 Å². The molecular weight excluding hydrogens is 251 g/mol. The van der Waals surface area contributed by atoms with Crippen LogP contribution in [-0.4, -0.2) is 5.11 Å². The van der Waals surface area contributed by atoms with Crippen LogP contribution in [0.15, 0.2) is 30.3 Å². The van der Waals surface area contributed by atoms with E-state index < -0.39 is 0 Å². The summed E-state index contributed by atoms with van der Waals surface area (Å²) >= 11 is 5.74. The first-order valence-corrected chi connectivity index (χ1v) is 6.07. The van der Waals surface area contributed by atoms with E-state index in [1.165, 1.54) is 6.07 Å². The predicted molar refractivity (Wildman–Crippen MR) is 72.2 cm³/mol. The zero-order valence-corrected chi connectivity index (χ0v) is 11.1. The molecule has 0 unspecified atom stereocenters. The lowest BCUT2D eigenvalue weighted by Gasteiger charge is -2.11. The van der Waals surface area contributed by atoms with Crippen molar-refractivity contribution in [3.05, 3.63) is 57.9 Å². The third kappa shape index (κ3) is 2.40. The van der Waals surface area contributed by atoms with Gasteiger partial charge in [-0.15, -0.1) is 0 Å². The molecule has 0 bridgehead atoms. The SMILES string of the molecule is Cc1cc(-c2ccc(Cl)cc2F)cc(C)c1CO. The monoisotopic (exact) mass is 264 g/mol. The third-order valence-corrected chi connectivity index (χ3v) is 3.33. The summed E-state index contributed by atoms with van der Waals surface area (Å²) in [5, 5.41) is 9.65. The first-order chi connectivity index (χ1) is 8.52. The highest BCUT2D eigenvalue weighted by Crippen LogP contribution is 2.28. The van der Waals surface area contributed by atoms with E-state index in [-0.39, 0.29) is 12.4 Å². The topological polar surface area (TPSA) is 20.2 Å². The normalized spacial score (nSPS) is 10.7. The van der Waals surface area contributed by atoms with Crippen molar-refractivity contribution >= 4 is 11.6 Å². The van der Waals surface area contributed by atoms with Crippen LogP contribution >= 0.6 is 11.6 Å². The van der Waals surface area contributed by atoms with Crippen LogP contribution in [0.1, 0.15) is 16.7 Å². The Morgan fingerprint density at radius 3 is 2.22 bits per heavy atom. The van der Waals surface area contributed by atoms with E-state index in [1.807, 2.05) is 26.0 Å². The van der Waals surface area contributed by atoms with E-state index in [1.54, 1.807) is 12.1 Å². The van der Waals surface area contributed by atoms with Crippen LogP contribution in [0.4, 0.5) is 4.39 Å². The van der Waals surface area contributed by atoms with Crippen LogP contribution in [-0.2, 0) is 6.61 Å². The fraction of sp³-hybridized carbons (Fsp3) is 0.200. The Labute approximate surface area is 111 Å². The van der Waals surface area contributed by atoms with Crippen molar-refractivity contribution in [1.82, 2.24) is 0 Å². The minimum atomic E-state index is -0.335. The highest BCUT2D eigenvalue weighted by Gasteiger charge is 2.09. The van der Waals surface area contributed by atoms with Crippen molar-refractivity contribution in [1.29, 1.82) is 0 Å². The molecule has 0 atom stereocenters. The second kappa shape index (κ2) is 5.09. The maximum absolute atomic E-state index is 13.8. The molecular formula is C15H14ClFO. The van der Waals surface area contributed by atoms with Crippen molar-refractivity contribution in [2.24, 2.45) is 0 Å². The van der Waals surface area contributed by atoms with Gasteiger partial charge in [0.15, 0.2) is 0 Å². The number of aliphatic hydroxyl groups is 1. The first-order valence-electron chi connectivity index (χ1n) is 5.69. The minimum Gasteiger partial charge on any atom is -0.392 e. The number of rotatable bonds is 2. The Morgan fingerprint density at radius 1 is 1.11 bits per heavy atom. The molecule has 0 aromatic heterocycles. The first kappa shape index (κ1) is 13.1.